The predicted molar refractivity (Wildman–Crippen MR) is 66.4 cm³/mol. The summed E-state index contributed by atoms with van der Waals surface area (Å²) in [4.78, 5) is 4.17. The Morgan fingerprint density at radius 1 is 1.60 bits per heavy atom. The van der Waals surface area contributed by atoms with E-state index < -0.39 is 0 Å². The first kappa shape index (κ1) is 12.7. The van der Waals surface area contributed by atoms with E-state index >= 15 is 0 Å². The Bertz CT molecular complexity index is 344. The van der Waals surface area contributed by atoms with Crippen molar-refractivity contribution in [2.75, 3.05) is 11.9 Å². The highest BCUT2D eigenvalue weighted by molar-refractivity contribution is 9.10. The fraction of sp³-hybridized carbons (Fsp3) is 0.500. The van der Waals surface area contributed by atoms with Crippen LogP contribution in [0, 0.1) is 0 Å². The van der Waals surface area contributed by atoms with Crippen molar-refractivity contribution in [3.05, 3.63) is 21.8 Å². The van der Waals surface area contributed by atoms with Crippen LogP contribution in [0.1, 0.15) is 20.3 Å². The zero-order valence-electron chi connectivity index (χ0n) is 8.72. The average Bonchev–Trinajstić information content (AvgIpc) is 2.09. The van der Waals surface area contributed by atoms with Crippen LogP contribution < -0.4 is 5.32 Å². The SMILES string of the molecule is CC(C)(CCO)Nc1ncc(Br)cc1Cl. The van der Waals surface area contributed by atoms with Crippen LogP contribution in [0.5, 0.6) is 0 Å². The molecule has 3 nitrogen and oxygen atoms in total. The second-order valence-electron chi connectivity index (χ2n) is 3.97. The summed E-state index contributed by atoms with van der Waals surface area (Å²) in [5.41, 5.74) is -0.223. The molecule has 5 heteroatoms. The molecule has 0 saturated heterocycles. The largest absolute Gasteiger partial charge is 0.396 e. The summed E-state index contributed by atoms with van der Waals surface area (Å²) in [6.07, 6.45) is 2.32. The summed E-state index contributed by atoms with van der Waals surface area (Å²) in [6, 6.07) is 1.78. The molecule has 0 unspecified atom stereocenters. The second kappa shape index (κ2) is 5.14. The van der Waals surface area contributed by atoms with Gasteiger partial charge >= 0.3 is 0 Å². The number of nitrogens with one attached hydrogen (secondary N) is 1. The molecule has 1 heterocycles. The van der Waals surface area contributed by atoms with Gasteiger partial charge in [0, 0.05) is 22.8 Å². The molecule has 1 aromatic heterocycles. The van der Waals surface area contributed by atoms with Gasteiger partial charge in [0.15, 0.2) is 0 Å². The molecule has 1 rings (SSSR count). The number of halogens is 2. The van der Waals surface area contributed by atoms with Gasteiger partial charge in [0.25, 0.3) is 0 Å². The Morgan fingerprint density at radius 2 is 2.27 bits per heavy atom. The minimum Gasteiger partial charge on any atom is -0.396 e. The van der Waals surface area contributed by atoms with E-state index in [0.717, 1.165) is 4.47 Å². The van der Waals surface area contributed by atoms with Crippen molar-refractivity contribution in [2.24, 2.45) is 0 Å². The first-order valence-electron chi connectivity index (χ1n) is 4.65. The number of pyridine rings is 1. The monoisotopic (exact) mass is 292 g/mol. The first-order valence-corrected chi connectivity index (χ1v) is 5.82. The standard InChI is InChI=1S/C10H14BrClN2O/c1-10(2,3-4-15)14-9-8(12)5-7(11)6-13-9/h5-6,15H,3-4H2,1-2H3,(H,13,14). The number of nitrogens with zero attached hydrogens (tertiary/aromatic N) is 1. The van der Waals surface area contributed by atoms with Crippen molar-refractivity contribution in [2.45, 2.75) is 25.8 Å². The van der Waals surface area contributed by atoms with E-state index in [1.165, 1.54) is 0 Å². The predicted octanol–water partition coefficient (Wildman–Crippen LogP) is 3.07. The maximum Gasteiger partial charge on any atom is 0.145 e. The number of rotatable bonds is 4. The smallest absolute Gasteiger partial charge is 0.145 e. The highest BCUT2D eigenvalue weighted by atomic mass is 79.9. The fourth-order valence-electron chi connectivity index (χ4n) is 1.17. The number of hydrogen-bond donors (Lipinski definition) is 2. The molecule has 0 spiro atoms. The molecule has 0 bridgehead atoms. The van der Waals surface area contributed by atoms with Gasteiger partial charge in [-0.15, -0.1) is 0 Å². The number of anilines is 1. The lowest BCUT2D eigenvalue weighted by Crippen LogP contribution is -2.32. The molecule has 0 fully saturated rings. The summed E-state index contributed by atoms with van der Waals surface area (Å²) >= 11 is 9.31. The quantitative estimate of drug-likeness (QED) is 0.897. The Hall–Kier alpha value is -0.320. The van der Waals surface area contributed by atoms with Crippen LogP contribution in [-0.2, 0) is 0 Å². The molecule has 15 heavy (non-hydrogen) atoms. The van der Waals surface area contributed by atoms with E-state index in [9.17, 15) is 0 Å². The van der Waals surface area contributed by atoms with Crippen LogP contribution in [0.2, 0.25) is 5.02 Å². The first-order chi connectivity index (χ1) is 6.94. The van der Waals surface area contributed by atoms with Crippen LogP contribution in [-0.4, -0.2) is 22.2 Å². The Labute approximate surface area is 103 Å². The third-order valence-corrected chi connectivity index (χ3v) is 2.72. The minimum atomic E-state index is -0.223. The van der Waals surface area contributed by atoms with Crippen molar-refractivity contribution in [3.63, 3.8) is 0 Å². The van der Waals surface area contributed by atoms with Gasteiger partial charge in [-0.2, -0.15) is 0 Å². The maximum atomic E-state index is 8.89. The molecule has 2 N–H and O–H groups in total. The van der Waals surface area contributed by atoms with E-state index in [1.54, 1.807) is 12.3 Å². The molecule has 0 amide bonds. The van der Waals surface area contributed by atoms with Crippen molar-refractivity contribution >= 4 is 33.3 Å². The van der Waals surface area contributed by atoms with E-state index in [4.69, 9.17) is 16.7 Å². The lowest BCUT2D eigenvalue weighted by Gasteiger charge is -2.26. The fourth-order valence-corrected chi connectivity index (χ4v) is 1.85. The van der Waals surface area contributed by atoms with Crippen LogP contribution in [0.15, 0.2) is 16.7 Å². The van der Waals surface area contributed by atoms with Gasteiger partial charge in [-0.3, -0.25) is 0 Å². The number of aliphatic hydroxyl groups is 1. The van der Waals surface area contributed by atoms with Crippen LogP contribution in [0.3, 0.4) is 0 Å². The summed E-state index contributed by atoms with van der Waals surface area (Å²) in [5, 5.41) is 12.6. The van der Waals surface area contributed by atoms with Crippen LogP contribution >= 0.6 is 27.5 Å². The van der Waals surface area contributed by atoms with Crippen LogP contribution in [0.25, 0.3) is 0 Å². The Morgan fingerprint density at radius 3 is 2.80 bits per heavy atom. The Kier molecular flexibility index (Phi) is 4.37. The molecule has 0 radical (unpaired) electrons. The second-order valence-corrected chi connectivity index (χ2v) is 5.29. The van der Waals surface area contributed by atoms with Crippen LogP contribution in [0.4, 0.5) is 5.82 Å². The molecule has 0 aliphatic carbocycles. The molecular weight excluding hydrogens is 279 g/mol. The molecule has 0 saturated carbocycles. The highest BCUT2D eigenvalue weighted by Crippen LogP contribution is 2.26. The summed E-state index contributed by atoms with van der Waals surface area (Å²) in [6.45, 7) is 4.11. The van der Waals surface area contributed by atoms with Crippen molar-refractivity contribution in [1.29, 1.82) is 0 Å². The third-order valence-electron chi connectivity index (χ3n) is 2.00. The van der Waals surface area contributed by atoms with Gasteiger partial charge in [-0.1, -0.05) is 11.6 Å². The maximum absolute atomic E-state index is 8.89. The molecule has 0 aliphatic rings. The van der Waals surface area contributed by atoms with Crippen molar-refractivity contribution in [3.8, 4) is 0 Å². The summed E-state index contributed by atoms with van der Waals surface area (Å²) < 4.78 is 0.845. The van der Waals surface area contributed by atoms with Gasteiger partial charge in [-0.25, -0.2) is 4.98 Å². The highest BCUT2D eigenvalue weighted by Gasteiger charge is 2.18. The van der Waals surface area contributed by atoms with Gasteiger partial charge in [0.2, 0.25) is 0 Å². The lowest BCUT2D eigenvalue weighted by molar-refractivity contribution is 0.260. The molecule has 84 valence electrons. The number of aromatic nitrogens is 1. The summed E-state index contributed by atoms with van der Waals surface area (Å²) in [7, 11) is 0. The van der Waals surface area contributed by atoms with Gasteiger partial charge in [-0.05, 0) is 42.3 Å². The minimum absolute atomic E-state index is 0.133. The van der Waals surface area contributed by atoms with Crippen molar-refractivity contribution in [1.82, 2.24) is 4.98 Å². The topological polar surface area (TPSA) is 45.1 Å². The molecule has 0 aliphatic heterocycles. The van der Waals surface area contributed by atoms with E-state index in [1.807, 2.05) is 13.8 Å². The van der Waals surface area contributed by atoms with E-state index in [-0.39, 0.29) is 12.1 Å². The molecular formula is C10H14BrClN2O. The van der Waals surface area contributed by atoms with Gasteiger partial charge in [0.05, 0.1) is 5.02 Å². The number of hydrogen-bond acceptors (Lipinski definition) is 3. The van der Waals surface area contributed by atoms with Gasteiger partial charge in [0.1, 0.15) is 5.82 Å². The van der Waals surface area contributed by atoms with E-state index in [0.29, 0.717) is 17.3 Å². The Balaban J connectivity index is 2.80. The molecule has 1 aromatic rings. The van der Waals surface area contributed by atoms with Gasteiger partial charge < -0.3 is 10.4 Å². The zero-order valence-corrected chi connectivity index (χ0v) is 11.1. The van der Waals surface area contributed by atoms with Crippen molar-refractivity contribution < 1.29 is 5.11 Å². The van der Waals surface area contributed by atoms with E-state index in [2.05, 4.69) is 26.2 Å². The summed E-state index contributed by atoms with van der Waals surface area (Å²) in [5.74, 6) is 0.637. The average molecular weight is 294 g/mol. The molecule has 0 atom stereocenters. The normalized spacial score (nSPS) is 11.5. The lowest BCUT2D eigenvalue weighted by atomic mass is 10.0. The number of aliphatic hydroxyl groups excluding tert-OH is 1. The zero-order chi connectivity index (χ0) is 11.5. The molecule has 0 aromatic carbocycles. The third kappa shape index (κ3) is 3.97.